The third-order valence-corrected chi connectivity index (χ3v) is 2.99. The van der Waals surface area contributed by atoms with E-state index < -0.39 is 11.7 Å². The van der Waals surface area contributed by atoms with E-state index in [1.54, 1.807) is 23.0 Å². The highest BCUT2D eigenvalue weighted by Crippen LogP contribution is 2.14. The van der Waals surface area contributed by atoms with Gasteiger partial charge in [0.1, 0.15) is 5.82 Å². The smallest absolute Gasteiger partial charge is 0.258 e. The highest BCUT2D eigenvalue weighted by Gasteiger charge is 2.11. The van der Waals surface area contributed by atoms with Crippen LogP contribution in [-0.2, 0) is 0 Å². The van der Waals surface area contributed by atoms with E-state index in [4.69, 9.17) is 0 Å². The second-order valence-corrected chi connectivity index (χ2v) is 4.44. The first-order valence-corrected chi connectivity index (χ1v) is 6.40. The Morgan fingerprint density at radius 2 is 1.76 bits per heavy atom. The van der Waals surface area contributed by atoms with Gasteiger partial charge >= 0.3 is 0 Å². The Labute approximate surface area is 120 Å². The van der Waals surface area contributed by atoms with Crippen LogP contribution in [0.15, 0.2) is 67.0 Å². The molecule has 0 unspecified atom stereocenters. The number of nitrogens with zero attached hydrogens (tertiary/aromatic N) is 2. The second-order valence-electron chi connectivity index (χ2n) is 4.44. The lowest BCUT2D eigenvalue weighted by atomic mass is 10.2. The molecular weight excluding hydrogens is 269 g/mol. The van der Waals surface area contributed by atoms with Crippen molar-refractivity contribution in [3.05, 3.63) is 78.4 Å². The molecule has 3 aromatic rings. The predicted octanol–water partition coefficient (Wildman–Crippen LogP) is 3.26. The van der Waals surface area contributed by atoms with E-state index in [1.165, 1.54) is 18.3 Å². The molecule has 1 N–H and O–H groups in total. The summed E-state index contributed by atoms with van der Waals surface area (Å²) in [4.78, 5) is 12.1. The van der Waals surface area contributed by atoms with Crippen LogP contribution < -0.4 is 5.32 Å². The van der Waals surface area contributed by atoms with Gasteiger partial charge in [-0.25, -0.2) is 9.07 Å². The Bertz CT molecular complexity index is 768. The molecule has 0 atom stereocenters. The molecule has 1 aromatic heterocycles. The van der Waals surface area contributed by atoms with Crippen molar-refractivity contribution in [2.45, 2.75) is 0 Å². The highest BCUT2D eigenvalue weighted by molar-refractivity contribution is 6.04. The van der Waals surface area contributed by atoms with Gasteiger partial charge in [0.25, 0.3) is 5.91 Å². The van der Waals surface area contributed by atoms with E-state index in [-0.39, 0.29) is 5.69 Å². The molecule has 104 valence electrons. The van der Waals surface area contributed by atoms with Crippen LogP contribution >= 0.6 is 0 Å². The summed E-state index contributed by atoms with van der Waals surface area (Å²) in [6.07, 6.45) is 3.05. The molecule has 1 heterocycles. The monoisotopic (exact) mass is 281 g/mol. The molecule has 0 aliphatic heterocycles. The van der Waals surface area contributed by atoms with E-state index in [9.17, 15) is 9.18 Å². The number of carbonyl (C=O) groups is 1. The molecule has 3 rings (SSSR count). The SMILES string of the molecule is O=C(Nc1ccccc1F)c1cnn(-c2ccccc2)c1. The standard InChI is InChI=1S/C16H12FN3O/c17-14-8-4-5-9-15(14)19-16(21)12-10-18-20(11-12)13-6-2-1-3-7-13/h1-11H,(H,19,21). The zero-order valence-electron chi connectivity index (χ0n) is 11.0. The van der Waals surface area contributed by atoms with Crippen LogP contribution in [-0.4, -0.2) is 15.7 Å². The van der Waals surface area contributed by atoms with Gasteiger partial charge in [-0.1, -0.05) is 30.3 Å². The summed E-state index contributed by atoms with van der Waals surface area (Å²) in [5.41, 5.74) is 1.36. The second kappa shape index (κ2) is 5.58. The number of aromatic nitrogens is 2. The molecule has 0 bridgehead atoms. The molecule has 0 radical (unpaired) electrons. The minimum Gasteiger partial charge on any atom is -0.319 e. The molecule has 0 saturated heterocycles. The van der Waals surface area contributed by atoms with Crippen LogP contribution in [0.5, 0.6) is 0 Å². The number of nitrogens with one attached hydrogen (secondary N) is 1. The minimum atomic E-state index is -0.471. The van der Waals surface area contributed by atoms with Gasteiger partial charge in [0.15, 0.2) is 0 Å². The predicted molar refractivity (Wildman–Crippen MR) is 77.9 cm³/mol. The highest BCUT2D eigenvalue weighted by atomic mass is 19.1. The van der Waals surface area contributed by atoms with E-state index in [2.05, 4.69) is 10.4 Å². The van der Waals surface area contributed by atoms with Gasteiger partial charge in [0, 0.05) is 6.20 Å². The van der Waals surface area contributed by atoms with Crippen LogP contribution in [0.4, 0.5) is 10.1 Å². The molecule has 5 heteroatoms. The van der Waals surface area contributed by atoms with Crippen molar-refractivity contribution >= 4 is 11.6 Å². The molecule has 1 amide bonds. The summed E-state index contributed by atoms with van der Waals surface area (Å²) in [5.74, 6) is -0.872. The summed E-state index contributed by atoms with van der Waals surface area (Å²) in [6, 6.07) is 15.5. The van der Waals surface area contributed by atoms with Crippen LogP contribution in [0, 0.1) is 5.82 Å². The van der Waals surface area contributed by atoms with Crippen LogP contribution in [0.2, 0.25) is 0 Å². The molecule has 0 aliphatic carbocycles. The number of carbonyl (C=O) groups excluding carboxylic acids is 1. The fourth-order valence-corrected chi connectivity index (χ4v) is 1.92. The average molecular weight is 281 g/mol. The Hall–Kier alpha value is -2.95. The number of benzene rings is 2. The van der Waals surface area contributed by atoms with Crippen molar-refractivity contribution < 1.29 is 9.18 Å². The van der Waals surface area contributed by atoms with E-state index >= 15 is 0 Å². The third-order valence-electron chi connectivity index (χ3n) is 2.99. The molecule has 0 saturated carbocycles. The lowest BCUT2D eigenvalue weighted by Crippen LogP contribution is -2.12. The van der Waals surface area contributed by atoms with E-state index in [0.29, 0.717) is 5.56 Å². The third kappa shape index (κ3) is 2.81. The van der Waals surface area contributed by atoms with Crippen molar-refractivity contribution in [1.82, 2.24) is 9.78 Å². The van der Waals surface area contributed by atoms with Crippen LogP contribution in [0.1, 0.15) is 10.4 Å². The van der Waals surface area contributed by atoms with Crippen molar-refractivity contribution in [2.75, 3.05) is 5.32 Å². The number of halogens is 1. The number of para-hydroxylation sites is 2. The number of rotatable bonds is 3. The van der Waals surface area contributed by atoms with Gasteiger partial charge < -0.3 is 5.32 Å². The Kier molecular flexibility index (Phi) is 3.47. The molecular formula is C16H12FN3O. The zero-order chi connectivity index (χ0) is 14.7. The van der Waals surface area contributed by atoms with Crippen molar-refractivity contribution in [1.29, 1.82) is 0 Å². The number of anilines is 1. The van der Waals surface area contributed by atoms with Gasteiger partial charge in [0.2, 0.25) is 0 Å². The summed E-state index contributed by atoms with van der Waals surface area (Å²) in [5, 5.41) is 6.66. The largest absolute Gasteiger partial charge is 0.319 e. The molecule has 0 fully saturated rings. The summed E-state index contributed by atoms with van der Waals surface area (Å²) in [7, 11) is 0. The number of amides is 1. The van der Waals surface area contributed by atoms with Crippen LogP contribution in [0.3, 0.4) is 0 Å². The lowest BCUT2D eigenvalue weighted by Gasteiger charge is -2.04. The quantitative estimate of drug-likeness (QED) is 0.801. The van der Waals surface area contributed by atoms with Gasteiger partial charge in [-0.15, -0.1) is 0 Å². The lowest BCUT2D eigenvalue weighted by molar-refractivity contribution is 0.102. The summed E-state index contributed by atoms with van der Waals surface area (Å²) >= 11 is 0. The average Bonchev–Trinajstić information content (AvgIpc) is 3.00. The van der Waals surface area contributed by atoms with Crippen molar-refractivity contribution in [2.24, 2.45) is 0 Å². The molecule has 0 spiro atoms. The van der Waals surface area contributed by atoms with E-state index in [0.717, 1.165) is 5.69 Å². The maximum atomic E-state index is 13.5. The fourth-order valence-electron chi connectivity index (χ4n) is 1.92. The minimum absolute atomic E-state index is 0.148. The summed E-state index contributed by atoms with van der Waals surface area (Å²) < 4.78 is 15.1. The van der Waals surface area contributed by atoms with Gasteiger partial charge in [-0.2, -0.15) is 5.10 Å². The van der Waals surface area contributed by atoms with Gasteiger partial charge in [-0.05, 0) is 24.3 Å². The Balaban J connectivity index is 1.80. The van der Waals surface area contributed by atoms with Crippen molar-refractivity contribution in [3.8, 4) is 5.69 Å². The number of hydrogen-bond acceptors (Lipinski definition) is 2. The fraction of sp³-hybridized carbons (Fsp3) is 0. The molecule has 21 heavy (non-hydrogen) atoms. The first-order chi connectivity index (χ1) is 10.2. The Morgan fingerprint density at radius 1 is 1.05 bits per heavy atom. The molecule has 2 aromatic carbocycles. The molecule has 4 nitrogen and oxygen atoms in total. The normalized spacial score (nSPS) is 10.3. The first kappa shape index (κ1) is 13.1. The van der Waals surface area contributed by atoms with Gasteiger partial charge in [-0.3, -0.25) is 4.79 Å². The van der Waals surface area contributed by atoms with Gasteiger partial charge in [0.05, 0.1) is 23.1 Å². The maximum Gasteiger partial charge on any atom is 0.258 e. The first-order valence-electron chi connectivity index (χ1n) is 6.40. The maximum absolute atomic E-state index is 13.5. The zero-order valence-corrected chi connectivity index (χ0v) is 11.0. The van der Waals surface area contributed by atoms with Crippen molar-refractivity contribution in [3.63, 3.8) is 0 Å². The van der Waals surface area contributed by atoms with E-state index in [1.807, 2.05) is 30.3 Å². The number of hydrogen-bond donors (Lipinski definition) is 1. The topological polar surface area (TPSA) is 46.9 Å². The Morgan fingerprint density at radius 3 is 2.52 bits per heavy atom. The molecule has 0 aliphatic rings. The van der Waals surface area contributed by atoms with Crippen LogP contribution in [0.25, 0.3) is 5.69 Å². The summed E-state index contributed by atoms with van der Waals surface area (Å²) in [6.45, 7) is 0.